The van der Waals surface area contributed by atoms with Crippen LogP contribution in [0.1, 0.15) is 55.0 Å². The molecule has 3 aliphatic heterocycles. The standard InChI is InChI=1S/C41H43IN2O5/c1-26-38(40(2,3)30-15-19-33(48-4)20-16-30)36(22-37(46)43-24-29-10-6-5-9-28(29)21-32(43)25-45)49-41(26)34-11-7-8-12-35(34)44(39(41)47)23-27-13-17-31(42)18-14-27/h5-20,26,32,36,38,45H,21-25H2,1-4H3/t26-,32-,36+,38-,41+/m0/s1. The number of anilines is 1. The van der Waals surface area contributed by atoms with Crippen molar-refractivity contribution in [2.45, 2.75) is 69.9 Å². The number of aliphatic hydroxyl groups is 1. The molecular formula is C41H43IN2O5. The largest absolute Gasteiger partial charge is 0.497 e. The summed E-state index contributed by atoms with van der Waals surface area (Å²) in [4.78, 5) is 33.1. The zero-order valence-corrected chi connectivity index (χ0v) is 30.6. The second-order valence-corrected chi connectivity index (χ2v) is 15.5. The summed E-state index contributed by atoms with van der Waals surface area (Å²) in [6, 6.07) is 32.1. The summed E-state index contributed by atoms with van der Waals surface area (Å²) in [6.45, 7) is 7.25. The molecule has 0 saturated carbocycles. The number of hydrogen-bond donors (Lipinski definition) is 1. The van der Waals surface area contributed by atoms with Gasteiger partial charge in [-0.05, 0) is 87.0 Å². The van der Waals surface area contributed by atoms with Gasteiger partial charge in [0.1, 0.15) is 5.75 Å². The Bertz CT molecular complexity index is 1860. The Hall–Kier alpha value is -3.73. The quantitative estimate of drug-likeness (QED) is 0.195. The van der Waals surface area contributed by atoms with Crippen LogP contribution in [0.25, 0.3) is 0 Å². The number of ether oxygens (including phenoxy) is 2. The first kappa shape index (κ1) is 33.8. The van der Waals surface area contributed by atoms with Gasteiger partial charge in [-0.15, -0.1) is 0 Å². The number of benzene rings is 4. The van der Waals surface area contributed by atoms with Gasteiger partial charge in [0.15, 0.2) is 5.60 Å². The molecule has 0 aliphatic carbocycles. The van der Waals surface area contributed by atoms with Crippen molar-refractivity contribution in [1.82, 2.24) is 4.90 Å². The minimum Gasteiger partial charge on any atom is -0.497 e. The highest BCUT2D eigenvalue weighted by atomic mass is 127. The van der Waals surface area contributed by atoms with Gasteiger partial charge in [-0.25, -0.2) is 0 Å². The zero-order valence-electron chi connectivity index (χ0n) is 28.4. The normalized spacial score (nSPS) is 24.7. The third-order valence-corrected chi connectivity index (χ3v) is 12.0. The number of aliphatic hydroxyl groups excluding tert-OH is 1. The van der Waals surface area contributed by atoms with E-state index in [0.717, 1.165) is 42.8 Å². The van der Waals surface area contributed by atoms with E-state index in [1.54, 1.807) is 7.11 Å². The van der Waals surface area contributed by atoms with E-state index in [4.69, 9.17) is 9.47 Å². The predicted molar refractivity (Wildman–Crippen MR) is 198 cm³/mol. The van der Waals surface area contributed by atoms with Crippen LogP contribution in [-0.4, -0.2) is 47.7 Å². The number of fused-ring (bicyclic) bond motifs is 3. The molecule has 8 heteroatoms. The highest BCUT2D eigenvalue weighted by molar-refractivity contribution is 14.1. The molecule has 2 amide bonds. The Morgan fingerprint density at radius 3 is 2.35 bits per heavy atom. The van der Waals surface area contributed by atoms with Crippen molar-refractivity contribution in [3.05, 3.63) is 128 Å². The second kappa shape index (κ2) is 13.2. The Kier molecular flexibility index (Phi) is 9.09. The Morgan fingerprint density at radius 1 is 0.980 bits per heavy atom. The van der Waals surface area contributed by atoms with Gasteiger partial charge in [0.05, 0.1) is 44.5 Å². The number of carbonyl (C=O) groups is 2. The van der Waals surface area contributed by atoms with Crippen molar-refractivity contribution in [3.8, 4) is 5.75 Å². The first-order chi connectivity index (χ1) is 23.6. The second-order valence-electron chi connectivity index (χ2n) is 14.2. The van der Waals surface area contributed by atoms with Gasteiger partial charge in [0.25, 0.3) is 5.91 Å². The third-order valence-electron chi connectivity index (χ3n) is 11.3. The molecule has 0 bridgehead atoms. The molecule has 7 nitrogen and oxygen atoms in total. The van der Waals surface area contributed by atoms with E-state index in [1.165, 1.54) is 0 Å². The summed E-state index contributed by atoms with van der Waals surface area (Å²) in [5, 5.41) is 10.4. The molecule has 0 radical (unpaired) electrons. The van der Waals surface area contributed by atoms with E-state index in [1.807, 2.05) is 58.3 Å². The molecule has 4 aromatic rings. The maximum Gasteiger partial charge on any atom is 0.264 e. The van der Waals surface area contributed by atoms with Crippen LogP contribution in [0.3, 0.4) is 0 Å². The fraction of sp³-hybridized carbons (Fsp3) is 0.366. The monoisotopic (exact) mass is 770 g/mol. The lowest BCUT2D eigenvalue weighted by molar-refractivity contribution is -0.151. The average Bonchev–Trinajstić information content (AvgIpc) is 3.54. The van der Waals surface area contributed by atoms with Crippen molar-refractivity contribution >= 4 is 40.1 Å². The van der Waals surface area contributed by atoms with Gasteiger partial charge in [0.2, 0.25) is 5.91 Å². The number of nitrogens with zero attached hydrogens (tertiary/aromatic N) is 2. The van der Waals surface area contributed by atoms with Gasteiger partial charge in [0, 0.05) is 27.5 Å². The van der Waals surface area contributed by atoms with Gasteiger partial charge in [-0.3, -0.25) is 9.59 Å². The number of halogens is 1. The number of rotatable bonds is 8. The number of carbonyl (C=O) groups excluding carboxylic acids is 2. The number of hydrogen-bond acceptors (Lipinski definition) is 5. The minimum absolute atomic E-state index is 0.0761. The number of amides is 2. The Labute approximate surface area is 302 Å². The summed E-state index contributed by atoms with van der Waals surface area (Å²) in [6.07, 6.45) is 0.137. The molecule has 0 aromatic heterocycles. The van der Waals surface area contributed by atoms with Crippen molar-refractivity contribution in [1.29, 1.82) is 0 Å². The molecule has 1 saturated heterocycles. The lowest BCUT2D eigenvalue weighted by Crippen LogP contribution is -2.48. The number of para-hydroxylation sites is 1. The van der Waals surface area contributed by atoms with E-state index in [2.05, 4.69) is 91.9 Å². The molecule has 3 heterocycles. The van der Waals surface area contributed by atoms with Crippen LogP contribution >= 0.6 is 22.6 Å². The third kappa shape index (κ3) is 5.75. The fourth-order valence-corrected chi connectivity index (χ4v) is 9.09. The van der Waals surface area contributed by atoms with E-state index >= 15 is 0 Å². The predicted octanol–water partition coefficient (Wildman–Crippen LogP) is 7.01. The van der Waals surface area contributed by atoms with E-state index in [0.29, 0.717) is 19.5 Å². The van der Waals surface area contributed by atoms with Crippen molar-refractivity contribution in [2.75, 3.05) is 18.6 Å². The van der Waals surface area contributed by atoms with Gasteiger partial charge in [-0.2, -0.15) is 0 Å². The molecule has 1 N–H and O–H groups in total. The molecule has 4 aromatic carbocycles. The van der Waals surface area contributed by atoms with E-state index in [-0.39, 0.29) is 42.7 Å². The fourth-order valence-electron chi connectivity index (χ4n) is 8.73. The summed E-state index contributed by atoms with van der Waals surface area (Å²) in [7, 11) is 1.65. The molecule has 7 rings (SSSR count). The molecule has 49 heavy (non-hydrogen) atoms. The van der Waals surface area contributed by atoms with Crippen molar-refractivity contribution in [2.24, 2.45) is 11.8 Å². The van der Waals surface area contributed by atoms with Crippen LogP contribution in [0.2, 0.25) is 0 Å². The topological polar surface area (TPSA) is 79.3 Å². The van der Waals surface area contributed by atoms with Crippen LogP contribution in [-0.2, 0) is 44.9 Å². The smallest absolute Gasteiger partial charge is 0.264 e. The van der Waals surface area contributed by atoms with E-state index < -0.39 is 17.1 Å². The molecule has 254 valence electrons. The molecule has 5 atom stereocenters. The first-order valence-corrected chi connectivity index (χ1v) is 18.1. The molecule has 0 unspecified atom stereocenters. The van der Waals surface area contributed by atoms with Gasteiger partial charge in [-0.1, -0.05) is 87.5 Å². The molecule has 3 aliphatic rings. The van der Waals surface area contributed by atoms with Crippen molar-refractivity contribution < 1.29 is 24.2 Å². The number of methoxy groups -OCH3 is 1. The highest BCUT2D eigenvalue weighted by Crippen LogP contribution is 2.60. The maximum absolute atomic E-state index is 15.0. The van der Waals surface area contributed by atoms with Crippen molar-refractivity contribution in [3.63, 3.8) is 0 Å². The van der Waals surface area contributed by atoms with Crippen LogP contribution in [0.5, 0.6) is 5.75 Å². The van der Waals surface area contributed by atoms with Crippen LogP contribution in [0.4, 0.5) is 5.69 Å². The van der Waals surface area contributed by atoms with Crippen LogP contribution < -0.4 is 9.64 Å². The molecule has 1 fully saturated rings. The lowest BCUT2D eigenvalue weighted by Gasteiger charge is -2.40. The summed E-state index contributed by atoms with van der Waals surface area (Å²) >= 11 is 2.29. The Balaban J connectivity index is 1.28. The zero-order chi connectivity index (χ0) is 34.5. The molecule has 1 spiro atoms. The summed E-state index contributed by atoms with van der Waals surface area (Å²) in [5.41, 5.74) is 4.33. The first-order valence-electron chi connectivity index (χ1n) is 17.0. The van der Waals surface area contributed by atoms with Gasteiger partial charge < -0.3 is 24.4 Å². The molecular weight excluding hydrogens is 727 g/mol. The summed E-state index contributed by atoms with van der Waals surface area (Å²) in [5.74, 6) is 0.126. The van der Waals surface area contributed by atoms with Gasteiger partial charge >= 0.3 is 0 Å². The SMILES string of the molecule is COc1ccc(C(C)(C)[C@@H]2[C@@H](CC(=O)N3Cc4ccccc4C[C@H]3CO)O[C@]3(C(=O)N(Cc4ccc(I)cc4)c4ccccc43)[C@H]2C)cc1. The Morgan fingerprint density at radius 2 is 1.65 bits per heavy atom. The highest BCUT2D eigenvalue weighted by Gasteiger charge is 2.66. The van der Waals surface area contributed by atoms with E-state index in [9.17, 15) is 14.7 Å². The lowest BCUT2D eigenvalue weighted by atomic mass is 9.63. The van der Waals surface area contributed by atoms with Crippen LogP contribution in [0, 0.1) is 15.4 Å². The minimum atomic E-state index is -1.26. The summed E-state index contributed by atoms with van der Waals surface area (Å²) < 4.78 is 13.8. The maximum atomic E-state index is 15.0. The average molecular weight is 771 g/mol. The van der Waals surface area contributed by atoms with Crippen LogP contribution in [0.15, 0.2) is 97.1 Å².